The number of carboxylic acids is 1. The topological polar surface area (TPSA) is 55.8 Å². The van der Waals surface area contributed by atoms with Crippen LogP contribution in [0, 0.1) is 6.92 Å². The monoisotopic (exact) mass is 236 g/mol. The Hall–Kier alpha value is -1.55. The largest absolute Gasteiger partial charge is 0.478 e. The van der Waals surface area contributed by atoms with Crippen molar-refractivity contribution < 1.29 is 19.4 Å². The summed E-state index contributed by atoms with van der Waals surface area (Å²) >= 11 is 0. The first-order valence-electron chi connectivity index (χ1n) is 5.70. The summed E-state index contributed by atoms with van der Waals surface area (Å²) in [4.78, 5) is 11.4. The van der Waals surface area contributed by atoms with Crippen molar-refractivity contribution in [3.63, 3.8) is 0 Å². The number of para-hydroxylation sites is 1. The molecule has 1 aromatic rings. The van der Waals surface area contributed by atoms with E-state index in [1.165, 1.54) is 0 Å². The molecule has 1 fully saturated rings. The predicted molar refractivity (Wildman–Crippen MR) is 62.2 cm³/mol. The molecular formula is C13H16O4. The Kier molecular flexibility index (Phi) is 3.33. The number of ether oxygens (including phenoxy) is 2. The molecule has 0 unspecified atom stereocenters. The fraction of sp³-hybridized carbons (Fsp3) is 0.462. The minimum atomic E-state index is -1.13. The van der Waals surface area contributed by atoms with Gasteiger partial charge in [0.05, 0.1) is 13.2 Å². The van der Waals surface area contributed by atoms with Gasteiger partial charge in [-0.25, -0.2) is 4.79 Å². The average Bonchev–Trinajstić information content (AvgIpc) is 2.33. The van der Waals surface area contributed by atoms with Gasteiger partial charge in [-0.1, -0.05) is 18.2 Å². The molecule has 2 rings (SSSR count). The van der Waals surface area contributed by atoms with E-state index in [2.05, 4.69) is 0 Å². The lowest BCUT2D eigenvalue weighted by molar-refractivity contribution is -0.163. The van der Waals surface area contributed by atoms with Crippen molar-refractivity contribution in [2.45, 2.75) is 25.4 Å². The number of hydrogen-bond donors (Lipinski definition) is 1. The van der Waals surface area contributed by atoms with Crippen LogP contribution in [0.5, 0.6) is 5.75 Å². The van der Waals surface area contributed by atoms with Crippen LogP contribution in [0.4, 0.5) is 0 Å². The molecule has 1 aliphatic heterocycles. The molecule has 0 radical (unpaired) electrons. The number of carbonyl (C=O) groups is 1. The van der Waals surface area contributed by atoms with E-state index in [0.29, 0.717) is 31.8 Å². The van der Waals surface area contributed by atoms with Gasteiger partial charge < -0.3 is 14.6 Å². The van der Waals surface area contributed by atoms with Gasteiger partial charge >= 0.3 is 5.97 Å². The molecule has 4 nitrogen and oxygen atoms in total. The van der Waals surface area contributed by atoms with Crippen LogP contribution in [0.3, 0.4) is 0 Å². The summed E-state index contributed by atoms with van der Waals surface area (Å²) in [5, 5.41) is 9.36. The minimum Gasteiger partial charge on any atom is -0.478 e. The van der Waals surface area contributed by atoms with Crippen LogP contribution in [0.15, 0.2) is 24.3 Å². The first-order chi connectivity index (χ1) is 8.14. The normalized spacial score (nSPS) is 18.6. The van der Waals surface area contributed by atoms with E-state index in [1.54, 1.807) is 6.07 Å². The van der Waals surface area contributed by atoms with E-state index in [0.717, 1.165) is 5.56 Å². The third-order valence-corrected chi connectivity index (χ3v) is 3.09. The van der Waals surface area contributed by atoms with Crippen LogP contribution in [-0.2, 0) is 9.53 Å². The van der Waals surface area contributed by atoms with E-state index < -0.39 is 11.6 Å². The second-order valence-corrected chi connectivity index (χ2v) is 4.28. The molecule has 1 heterocycles. The van der Waals surface area contributed by atoms with Crippen molar-refractivity contribution >= 4 is 5.97 Å². The molecule has 0 atom stereocenters. The Bertz CT molecular complexity index is 408. The number of hydrogen-bond acceptors (Lipinski definition) is 3. The number of rotatable bonds is 3. The van der Waals surface area contributed by atoms with Crippen molar-refractivity contribution in [1.82, 2.24) is 0 Å². The first kappa shape index (κ1) is 11.9. The standard InChI is InChI=1S/C13H16O4/c1-10-4-2-3-5-11(10)17-13(12(14)15)6-8-16-9-7-13/h2-5H,6-9H2,1H3,(H,14,15). The van der Waals surface area contributed by atoms with E-state index in [4.69, 9.17) is 9.47 Å². The van der Waals surface area contributed by atoms with Gasteiger partial charge in [-0.15, -0.1) is 0 Å². The van der Waals surface area contributed by atoms with Gasteiger partial charge in [0.25, 0.3) is 0 Å². The summed E-state index contributed by atoms with van der Waals surface area (Å²) in [5.74, 6) is -0.277. The van der Waals surface area contributed by atoms with Crippen molar-refractivity contribution in [2.75, 3.05) is 13.2 Å². The van der Waals surface area contributed by atoms with E-state index in [9.17, 15) is 9.90 Å². The average molecular weight is 236 g/mol. The van der Waals surface area contributed by atoms with Gasteiger partial charge in [-0.3, -0.25) is 0 Å². The number of carboxylic acid groups (broad SMARTS) is 1. The Morgan fingerprint density at radius 1 is 1.35 bits per heavy atom. The van der Waals surface area contributed by atoms with Gasteiger partial charge in [-0.05, 0) is 18.6 Å². The lowest BCUT2D eigenvalue weighted by atomic mass is 9.94. The molecule has 1 saturated heterocycles. The first-order valence-corrected chi connectivity index (χ1v) is 5.70. The molecule has 0 bridgehead atoms. The fourth-order valence-electron chi connectivity index (χ4n) is 1.94. The van der Waals surface area contributed by atoms with E-state index in [1.807, 2.05) is 25.1 Å². The van der Waals surface area contributed by atoms with Crippen LogP contribution in [0.25, 0.3) is 0 Å². The lowest BCUT2D eigenvalue weighted by Crippen LogP contribution is -2.49. The summed E-state index contributed by atoms with van der Waals surface area (Å²) in [7, 11) is 0. The molecule has 1 aliphatic rings. The zero-order chi connectivity index (χ0) is 12.3. The third kappa shape index (κ3) is 2.42. The van der Waals surface area contributed by atoms with Crippen molar-refractivity contribution in [2.24, 2.45) is 0 Å². The molecule has 92 valence electrons. The molecular weight excluding hydrogens is 220 g/mol. The molecule has 0 aliphatic carbocycles. The second kappa shape index (κ2) is 4.75. The summed E-state index contributed by atoms with van der Waals surface area (Å²) < 4.78 is 11.0. The van der Waals surface area contributed by atoms with Crippen molar-refractivity contribution in [3.8, 4) is 5.75 Å². The highest BCUT2D eigenvalue weighted by Gasteiger charge is 2.43. The predicted octanol–water partition coefficient (Wildman–Crippen LogP) is 2.01. The number of aryl methyl sites for hydroxylation is 1. The minimum absolute atomic E-state index is 0.386. The highest BCUT2D eigenvalue weighted by molar-refractivity contribution is 5.78. The quantitative estimate of drug-likeness (QED) is 0.872. The van der Waals surface area contributed by atoms with Gasteiger partial charge in [-0.2, -0.15) is 0 Å². The number of aliphatic carboxylic acids is 1. The molecule has 1 aromatic carbocycles. The Morgan fingerprint density at radius 2 is 2.00 bits per heavy atom. The van der Waals surface area contributed by atoms with Gasteiger partial charge in [0, 0.05) is 12.8 Å². The SMILES string of the molecule is Cc1ccccc1OC1(C(=O)O)CCOCC1. The molecule has 0 spiro atoms. The Morgan fingerprint density at radius 3 is 2.59 bits per heavy atom. The van der Waals surface area contributed by atoms with Crippen LogP contribution in [0.2, 0.25) is 0 Å². The maximum Gasteiger partial charge on any atom is 0.348 e. The number of benzene rings is 1. The van der Waals surface area contributed by atoms with Crippen molar-refractivity contribution in [3.05, 3.63) is 29.8 Å². The summed E-state index contributed by atoms with van der Waals surface area (Å²) in [6.45, 7) is 2.76. The maximum atomic E-state index is 11.4. The highest BCUT2D eigenvalue weighted by Crippen LogP contribution is 2.30. The smallest absolute Gasteiger partial charge is 0.348 e. The van der Waals surface area contributed by atoms with Crippen LogP contribution in [-0.4, -0.2) is 29.9 Å². The van der Waals surface area contributed by atoms with Crippen LogP contribution in [0.1, 0.15) is 18.4 Å². The molecule has 0 aromatic heterocycles. The molecule has 0 amide bonds. The molecule has 1 N–H and O–H groups in total. The van der Waals surface area contributed by atoms with Crippen LogP contribution < -0.4 is 4.74 Å². The highest BCUT2D eigenvalue weighted by atomic mass is 16.5. The van der Waals surface area contributed by atoms with Gasteiger partial charge in [0.1, 0.15) is 5.75 Å². The lowest BCUT2D eigenvalue weighted by Gasteiger charge is -2.34. The second-order valence-electron chi connectivity index (χ2n) is 4.28. The van der Waals surface area contributed by atoms with Crippen molar-refractivity contribution in [1.29, 1.82) is 0 Å². The van der Waals surface area contributed by atoms with Crippen LogP contribution >= 0.6 is 0 Å². The zero-order valence-corrected chi connectivity index (χ0v) is 9.81. The summed E-state index contributed by atoms with van der Waals surface area (Å²) in [6, 6.07) is 7.45. The Balaban J connectivity index is 2.24. The summed E-state index contributed by atoms with van der Waals surface area (Å²) in [6.07, 6.45) is 0.771. The zero-order valence-electron chi connectivity index (χ0n) is 9.81. The van der Waals surface area contributed by atoms with E-state index >= 15 is 0 Å². The van der Waals surface area contributed by atoms with E-state index in [-0.39, 0.29) is 0 Å². The van der Waals surface area contributed by atoms with Gasteiger partial charge in [0.2, 0.25) is 5.60 Å². The molecule has 0 saturated carbocycles. The summed E-state index contributed by atoms with van der Waals surface area (Å²) in [5.41, 5.74) is -0.190. The third-order valence-electron chi connectivity index (χ3n) is 3.09. The fourth-order valence-corrected chi connectivity index (χ4v) is 1.94. The van der Waals surface area contributed by atoms with Gasteiger partial charge in [0.15, 0.2) is 0 Å². The molecule has 4 heteroatoms. The maximum absolute atomic E-state index is 11.4. The Labute approximate surface area is 100 Å². The molecule has 17 heavy (non-hydrogen) atoms.